The van der Waals surface area contributed by atoms with E-state index in [9.17, 15) is 14.7 Å². The molecule has 1 aliphatic heterocycles. The molecule has 0 radical (unpaired) electrons. The third-order valence-electron chi connectivity index (χ3n) is 5.32. The van der Waals surface area contributed by atoms with Gasteiger partial charge < -0.3 is 24.4 Å². The zero-order valence-corrected chi connectivity index (χ0v) is 19.0. The quantitative estimate of drug-likeness (QED) is 0.357. The molecule has 1 atom stereocenters. The van der Waals surface area contributed by atoms with Gasteiger partial charge in [0.05, 0.1) is 46.4 Å². The van der Waals surface area contributed by atoms with Crippen LogP contribution >= 0.6 is 0 Å². The Morgan fingerprint density at radius 3 is 1.97 bits per heavy atom. The number of nitrogens with zero attached hydrogens (tertiary/aromatic N) is 1. The first kappa shape index (κ1) is 23.3. The van der Waals surface area contributed by atoms with Crippen LogP contribution in [-0.2, 0) is 9.59 Å². The third kappa shape index (κ3) is 4.94. The normalized spacial score (nSPS) is 17.8. The van der Waals surface area contributed by atoms with Crippen LogP contribution in [0.15, 0.2) is 54.1 Å². The van der Waals surface area contributed by atoms with Gasteiger partial charge in [-0.2, -0.15) is 0 Å². The van der Waals surface area contributed by atoms with Crippen molar-refractivity contribution < 1.29 is 29.1 Å². The number of carbonyl (C=O) groups is 2. The lowest BCUT2D eigenvalue weighted by Gasteiger charge is -2.28. The Morgan fingerprint density at radius 1 is 0.938 bits per heavy atom. The van der Waals surface area contributed by atoms with Gasteiger partial charge in [-0.05, 0) is 49.2 Å². The highest BCUT2D eigenvalue weighted by atomic mass is 16.5. The van der Waals surface area contributed by atoms with E-state index in [0.717, 1.165) is 4.90 Å². The number of benzene rings is 2. The Kier molecular flexibility index (Phi) is 7.53. The van der Waals surface area contributed by atoms with Crippen molar-refractivity contribution in [1.29, 1.82) is 0 Å². The van der Waals surface area contributed by atoms with Crippen LogP contribution in [-0.4, -0.2) is 57.0 Å². The van der Waals surface area contributed by atoms with Crippen molar-refractivity contribution in [2.24, 2.45) is 0 Å². The van der Waals surface area contributed by atoms with E-state index in [0.29, 0.717) is 48.9 Å². The molecule has 2 aromatic carbocycles. The molecule has 1 unspecified atom stereocenters. The van der Waals surface area contributed by atoms with Crippen LogP contribution in [0.4, 0.5) is 0 Å². The van der Waals surface area contributed by atoms with E-state index >= 15 is 0 Å². The second-order valence-corrected chi connectivity index (χ2v) is 7.89. The summed E-state index contributed by atoms with van der Waals surface area (Å²) in [6.45, 7) is 5.84. The number of ketones is 1. The summed E-state index contributed by atoms with van der Waals surface area (Å²) in [4.78, 5) is 28.5. The lowest BCUT2D eigenvalue weighted by atomic mass is 9.95. The topological polar surface area (TPSA) is 83.3 Å². The summed E-state index contributed by atoms with van der Waals surface area (Å²) in [7, 11) is 3.95. The number of hydrogen-bond donors (Lipinski definition) is 1. The average Bonchev–Trinajstić information content (AvgIpc) is 3.03. The van der Waals surface area contributed by atoms with Crippen molar-refractivity contribution in [2.45, 2.75) is 19.9 Å². The maximum absolute atomic E-state index is 13.4. The van der Waals surface area contributed by atoms with Crippen LogP contribution in [0.25, 0.3) is 5.76 Å². The van der Waals surface area contributed by atoms with E-state index in [-0.39, 0.29) is 5.57 Å². The molecule has 7 heteroatoms. The van der Waals surface area contributed by atoms with Gasteiger partial charge in [-0.25, -0.2) is 0 Å². The molecule has 1 fully saturated rings. The molecule has 0 aliphatic carbocycles. The molecule has 7 nitrogen and oxygen atoms in total. The number of likely N-dealkylation sites (N-methyl/N-ethyl adjacent to an activating group) is 1. The first-order valence-electron chi connectivity index (χ1n) is 10.9. The third-order valence-corrected chi connectivity index (χ3v) is 5.32. The van der Waals surface area contributed by atoms with E-state index in [1.807, 2.05) is 40.1 Å². The Bertz CT molecular complexity index is 980. The molecule has 3 rings (SSSR count). The van der Waals surface area contributed by atoms with Gasteiger partial charge in [-0.1, -0.05) is 30.0 Å². The summed E-state index contributed by atoms with van der Waals surface area (Å²) < 4.78 is 10.9. The molecular weight excluding hydrogens is 408 g/mol. The second kappa shape index (κ2) is 10.3. The SMILES string of the molecule is CCOc1ccc(C([O-])=C2C(=O)C(=O)N(CC[NH+](C)C)C2c2ccc(OCC)cc2)cc1. The molecule has 170 valence electrons. The largest absolute Gasteiger partial charge is 0.872 e. The van der Waals surface area contributed by atoms with Crippen molar-refractivity contribution in [3.63, 3.8) is 0 Å². The van der Waals surface area contributed by atoms with Crippen molar-refractivity contribution in [3.8, 4) is 11.5 Å². The Morgan fingerprint density at radius 2 is 1.47 bits per heavy atom. The van der Waals surface area contributed by atoms with Gasteiger partial charge in [0.2, 0.25) is 5.78 Å². The van der Waals surface area contributed by atoms with E-state index in [4.69, 9.17) is 9.47 Å². The molecule has 1 aliphatic rings. The number of rotatable bonds is 9. The Labute approximate surface area is 188 Å². The highest BCUT2D eigenvalue weighted by Crippen LogP contribution is 2.39. The number of hydrogen-bond acceptors (Lipinski definition) is 5. The summed E-state index contributed by atoms with van der Waals surface area (Å²) in [6.07, 6.45) is 0. The minimum absolute atomic E-state index is 0.0166. The van der Waals surface area contributed by atoms with Crippen molar-refractivity contribution >= 4 is 17.4 Å². The standard InChI is InChI=1S/C25H30N2O5/c1-5-31-19-11-7-17(8-12-19)22-21(24(29)25(30)27(22)16-15-26(3)4)23(28)18-9-13-20(14-10-18)32-6-2/h7-14,22,28H,5-6,15-16H2,1-4H3. The minimum Gasteiger partial charge on any atom is -0.872 e. The number of Topliss-reactive ketones (excluding diaryl/α,β-unsaturated/α-hetero) is 1. The maximum atomic E-state index is 13.4. The fourth-order valence-corrected chi connectivity index (χ4v) is 3.73. The lowest BCUT2D eigenvalue weighted by Crippen LogP contribution is -3.06. The second-order valence-electron chi connectivity index (χ2n) is 7.89. The van der Waals surface area contributed by atoms with Gasteiger partial charge in [0.15, 0.2) is 0 Å². The fraction of sp³-hybridized carbons (Fsp3) is 0.360. The van der Waals surface area contributed by atoms with E-state index in [1.165, 1.54) is 4.90 Å². The minimum atomic E-state index is -0.739. The molecule has 0 aromatic heterocycles. The van der Waals surface area contributed by atoms with Gasteiger partial charge in [0.25, 0.3) is 5.91 Å². The summed E-state index contributed by atoms with van der Waals surface area (Å²) in [5, 5.41) is 13.4. The smallest absolute Gasteiger partial charge is 0.295 e. The monoisotopic (exact) mass is 438 g/mol. The number of ether oxygens (including phenoxy) is 2. The predicted octanol–water partition coefficient (Wildman–Crippen LogP) is 0.853. The van der Waals surface area contributed by atoms with Gasteiger partial charge in [0, 0.05) is 5.57 Å². The Hall–Kier alpha value is -3.32. The zero-order chi connectivity index (χ0) is 23.3. The highest BCUT2D eigenvalue weighted by Gasteiger charge is 2.44. The molecule has 32 heavy (non-hydrogen) atoms. The van der Waals surface area contributed by atoms with Crippen molar-refractivity contribution in [1.82, 2.24) is 4.90 Å². The van der Waals surface area contributed by atoms with Crippen LogP contribution < -0.4 is 19.5 Å². The van der Waals surface area contributed by atoms with E-state index < -0.39 is 23.5 Å². The van der Waals surface area contributed by atoms with Crippen LogP contribution in [0.1, 0.15) is 31.0 Å². The first-order valence-corrected chi connectivity index (χ1v) is 10.9. The molecule has 1 N–H and O–H groups in total. The number of amides is 1. The maximum Gasteiger partial charge on any atom is 0.295 e. The number of nitrogens with one attached hydrogen (secondary N) is 1. The molecule has 0 bridgehead atoms. The van der Waals surface area contributed by atoms with Gasteiger partial charge >= 0.3 is 0 Å². The van der Waals surface area contributed by atoms with Crippen LogP contribution in [0.2, 0.25) is 0 Å². The first-order chi connectivity index (χ1) is 15.4. The average molecular weight is 439 g/mol. The summed E-state index contributed by atoms with van der Waals surface area (Å²) >= 11 is 0. The van der Waals surface area contributed by atoms with Gasteiger partial charge in [-0.3, -0.25) is 9.59 Å². The molecule has 1 heterocycles. The van der Waals surface area contributed by atoms with Crippen LogP contribution in [0, 0.1) is 0 Å². The summed E-state index contributed by atoms with van der Waals surface area (Å²) in [6, 6.07) is 13.1. The van der Waals surface area contributed by atoms with Crippen LogP contribution in [0.5, 0.6) is 11.5 Å². The zero-order valence-electron chi connectivity index (χ0n) is 19.0. The van der Waals surface area contributed by atoms with E-state index in [1.54, 1.807) is 36.4 Å². The molecule has 0 saturated carbocycles. The molecule has 1 saturated heterocycles. The van der Waals surface area contributed by atoms with E-state index in [2.05, 4.69) is 0 Å². The number of likely N-dealkylation sites (tertiary alicyclic amines) is 1. The molecule has 1 amide bonds. The number of quaternary nitrogens is 1. The highest BCUT2D eigenvalue weighted by molar-refractivity contribution is 6.46. The van der Waals surface area contributed by atoms with Crippen molar-refractivity contribution in [3.05, 3.63) is 65.2 Å². The van der Waals surface area contributed by atoms with Gasteiger partial charge in [0.1, 0.15) is 11.5 Å². The van der Waals surface area contributed by atoms with Crippen molar-refractivity contribution in [2.75, 3.05) is 40.4 Å². The van der Waals surface area contributed by atoms with Crippen LogP contribution in [0.3, 0.4) is 0 Å². The summed E-state index contributed by atoms with van der Waals surface area (Å²) in [5.74, 6) is -0.488. The molecule has 0 spiro atoms. The summed E-state index contributed by atoms with van der Waals surface area (Å²) in [5.41, 5.74) is 1.04. The fourth-order valence-electron chi connectivity index (χ4n) is 3.73. The Balaban J connectivity index is 2.06. The predicted molar refractivity (Wildman–Crippen MR) is 119 cm³/mol. The number of carbonyl (C=O) groups excluding carboxylic acids is 2. The lowest BCUT2D eigenvalue weighted by molar-refractivity contribution is -0.857. The van der Waals surface area contributed by atoms with Gasteiger partial charge in [-0.15, -0.1) is 0 Å². The molecular formula is C25H30N2O5. The molecule has 2 aromatic rings.